The van der Waals surface area contributed by atoms with E-state index in [1.165, 1.54) is 7.11 Å². The number of ether oxygens (including phenoxy) is 2. The number of carbonyl (C=O) groups excluding carboxylic acids is 2. The number of fused-ring (bicyclic) bond motifs is 3. The van der Waals surface area contributed by atoms with Crippen molar-refractivity contribution in [3.63, 3.8) is 0 Å². The van der Waals surface area contributed by atoms with Crippen LogP contribution < -0.4 is 5.32 Å². The summed E-state index contributed by atoms with van der Waals surface area (Å²) in [6.07, 6.45) is 2.13. The number of nitrogens with zero attached hydrogens (tertiary/aromatic N) is 1. The molecule has 0 unspecified atom stereocenters. The van der Waals surface area contributed by atoms with Crippen LogP contribution in [0.4, 0.5) is 5.69 Å². The van der Waals surface area contributed by atoms with Crippen molar-refractivity contribution in [2.75, 3.05) is 26.1 Å². The fourth-order valence-corrected chi connectivity index (χ4v) is 3.75. The maximum absolute atomic E-state index is 12.5. The molecule has 0 saturated heterocycles. The van der Waals surface area contributed by atoms with Crippen LogP contribution >= 0.6 is 0 Å². The number of esters is 2. The van der Waals surface area contributed by atoms with E-state index in [0.29, 0.717) is 17.7 Å². The van der Waals surface area contributed by atoms with Crippen molar-refractivity contribution in [2.45, 2.75) is 25.4 Å². The normalized spacial score (nSPS) is 24.4. The second-order valence-electron chi connectivity index (χ2n) is 6.24. The molecule has 1 aromatic rings. The summed E-state index contributed by atoms with van der Waals surface area (Å²) < 4.78 is 10.0. The molecule has 3 rings (SSSR count). The van der Waals surface area contributed by atoms with E-state index in [0.717, 1.165) is 5.56 Å². The fraction of sp³-hybridized carbons (Fsp3) is 0.444. The van der Waals surface area contributed by atoms with Crippen LogP contribution in [0, 0.1) is 5.92 Å². The molecule has 0 amide bonds. The van der Waals surface area contributed by atoms with Gasteiger partial charge in [0.15, 0.2) is 0 Å². The van der Waals surface area contributed by atoms with Crippen LogP contribution in [-0.4, -0.2) is 48.8 Å². The van der Waals surface area contributed by atoms with E-state index in [2.05, 4.69) is 5.32 Å². The molecule has 2 aliphatic rings. The number of hydrogen-bond donors (Lipinski definition) is 2. The van der Waals surface area contributed by atoms with Crippen molar-refractivity contribution in [2.24, 2.45) is 5.92 Å². The third-order valence-electron chi connectivity index (χ3n) is 4.77. The van der Waals surface area contributed by atoms with Crippen LogP contribution in [0.15, 0.2) is 30.0 Å². The van der Waals surface area contributed by atoms with Gasteiger partial charge >= 0.3 is 11.9 Å². The Morgan fingerprint density at radius 1 is 1.40 bits per heavy atom. The highest BCUT2D eigenvalue weighted by atomic mass is 16.5. The number of phenolic OH excluding ortho intramolecular Hbond substituents is 1. The fourth-order valence-electron chi connectivity index (χ4n) is 3.75. The van der Waals surface area contributed by atoms with E-state index in [1.807, 2.05) is 18.0 Å². The summed E-state index contributed by atoms with van der Waals surface area (Å²) in [5, 5.41) is 13.3. The van der Waals surface area contributed by atoms with Crippen molar-refractivity contribution in [3.05, 3.63) is 35.5 Å². The quantitative estimate of drug-likeness (QED) is 0.637. The molecule has 2 heterocycles. The Hall–Kier alpha value is -2.70. The molecule has 0 saturated carbocycles. The molecule has 7 heteroatoms. The van der Waals surface area contributed by atoms with Crippen molar-refractivity contribution in [1.82, 2.24) is 4.90 Å². The second kappa shape index (κ2) is 6.66. The Bertz CT molecular complexity index is 730. The number of para-hydroxylation sites is 1. The van der Waals surface area contributed by atoms with Crippen LogP contribution in [-0.2, 0) is 19.1 Å². The van der Waals surface area contributed by atoms with Crippen LogP contribution in [0.2, 0.25) is 0 Å². The maximum Gasteiger partial charge on any atom is 0.335 e. The van der Waals surface area contributed by atoms with Gasteiger partial charge in [-0.2, -0.15) is 0 Å². The minimum absolute atomic E-state index is 0.0846. The van der Waals surface area contributed by atoms with Crippen LogP contribution in [0.3, 0.4) is 0 Å². The molecule has 7 nitrogen and oxygen atoms in total. The Kier molecular flexibility index (Phi) is 4.57. The lowest BCUT2D eigenvalue weighted by Crippen LogP contribution is -2.49. The maximum atomic E-state index is 12.5. The van der Waals surface area contributed by atoms with Gasteiger partial charge in [0.2, 0.25) is 0 Å². The summed E-state index contributed by atoms with van der Waals surface area (Å²) in [5.74, 6) is -0.945. The SMILES string of the molecule is CCOC(=O)[C@H]1Nc2c(O)cccc2[C@@H]2[C@H]1CC(C(=O)OC)=CN2C. The number of anilines is 1. The average Bonchev–Trinajstić information content (AvgIpc) is 2.60. The Balaban J connectivity index is 2.07. The lowest BCUT2D eigenvalue weighted by atomic mass is 9.76. The summed E-state index contributed by atoms with van der Waals surface area (Å²) in [4.78, 5) is 26.4. The number of phenols is 1. The first kappa shape index (κ1) is 17.1. The molecule has 0 aliphatic carbocycles. The van der Waals surface area contributed by atoms with Crippen LogP contribution in [0.5, 0.6) is 5.75 Å². The first-order chi connectivity index (χ1) is 12.0. The molecule has 2 N–H and O–H groups in total. The van der Waals surface area contributed by atoms with Gasteiger partial charge in [0.05, 0.1) is 31.0 Å². The molecule has 0 radical (unpaired) electrons. The average molecular weight is 346 g/mol. The number of hydrogen-bond acceptors (Lipinski definition) is 7. The van der Waals surface area contributed by atoms with Gasteiger partial charge in [0, 0.05) is 24.7 Å². The molecule has 0 fully saturated rings. The predicted molar refractivity (Wildman–Crippen MR) is 90.9 cm³/mol. The predicted octanol–water partition coefficient (Wildman–Crippen LogP) is 1.80. The van der Waals surface area contributed by atoms with E-state index in [-0.39, 0.29) is 24.3 Å². The zero-order valence-corrected chi connectivity index (χ0v) is 14.5. The lowest BCUT2D eigenvalue weighted by Gasteiger charge is -2.46. The zero-order chi connectivity index (χ0) is 18.1. The standard InChI is InChI=1S/C18H22N2O5/c1-4-25-18(23)15-12-8-10(17(22)24-3)9-20(2)16(12)11-6-5-7-13(21)14(11)19-15/h5-7,9,12,15-16,19,21H,4,8H2,1-3H3/t12-,15-,16+/m0/s1. The summed E-state index contributed by atoms with van der Waals surface area (Å²) in [6.45, 7) is 2.01. The molecule has 25 heavy (non-hydrogen) atoms. The highest BCUT2D eigenvalue weighted by Gasteiger charge is 2.46. The summed E-state index contributed by atoms with van der Waals surface area (Å²) in [6, 6.07) is 4.43. The highest BCUT2D eigenvalue weighted by molar-refractivity contribution is 5.89. The largest absolute Gasteiger partial charge is 0.506 e. The van der Waals surface area contributed by atoms with Gasteiger partial charge < -0.3 is 24.8 Å². The molecule has 0 bridgehead atoms. The first-order valence-corrected chi connectivity index (χ1v) is 8.23. The summed E-state index contributed by atoms with van der Waals surface area (Å²) >= 11 is 0. The van der Waals surface area contributed by atoms with Crippen LogP contribution in [0.1, 0.15) is 24.9 Å². The number of nitrogens with one attached hydrogen (secondary N) is 1. The Morgan fingerprint density at radius 3 is 2.84 bits per heavy atom. The zero-order valence-electron chi connectivity index (χ0n) is 14.5. The number of carbonyl (C=O) groups is 2. The Labute approximate surface area is 146 Å². The van der Waals surface area contributed by atoms with E-state index in [1.54, 1.807) is 25.3 Å². The minimum atomic E-state index is -0.665. The molecular formula is C18H22N2O5. The van der Waals surface area contributed by atoms with Crippen molar-refractivity contribution in [3.8, 4) is 5.75 Å². The second-order valence-corrected chi connectivity index (χ2v) is 6.24. The number of methoxy groups -OCH3 is 1. The van der Waals surface area contributed by atoms with E-state index in [9.17, 15) is 14.7 Å². The molecule has 0 aromatic heterocycles. The van der Waals surface area contributed by atoms with Gasteiger partial charge in [0.1, 0.15) is 11.8 Å². The van der Waals surface area contributed by atoms with E-state index < -0.39 is 18.0 Å². The van der Waals surface area contributed by atoms with Crippen molar-refractivity contribution < 1.29 is 24.2 Å². The molecular weight excluding hydrogens is 324 g/mol. The topological polar surface area (TPSA) is 88.1 Å². The number of rotatable bonds is 3. The summed E-state index contributed by atoms with van der Waals surface area (Å²) in [5.41, 5.74) is 1.92. The molecule has 2 aliphatic heterocycles. The molecule has 134 valence electrons. The minimum Gasteiger partial charge on any atom is -0.506 e. The Morgan fingerprint density at radius 2 is 2.16 bits per heavy atom. The number of benzene rings is 1. The molecule has 0 spiro atoms. The first-order valence-electron chi connectivity index (χ1n) is 8.23. The third kappa shape index (κ3) is 2.90. The van der Waals surface area contributed by atoms with Gasteiger partial charge in [0.25, 0.3) is 0 Å². The molecule has 3 atom stereocenters. The van der Waals surface area contributed by atoms with E-state index in [4.69, 9.17) is 9.47 Å². The van der Waals surface area contributed by atoms with Crippen LogP contribution in [0.25, 0.3) is 0 Å². The number of aromatic hydroxyl groups is 1. The van der Waals surface area contributed by atoms with Gasteiger partial charge in [-0.25, -0.2) is 9.59 Å². The third-order valence-corrected chi connectivity index (χ3v) is 4.77. The van der Waals surface area contributed by atoms with Gasteiger partial charge in [-0.1, -0.05) is 12.1 Å². The highest BCUT2D eigenvalue weighted by Crippen LogP contribution is 2.48. The lowest BCUT2D eigenvalue weighted by molar-refractivity contribution is -0.147. The van der Waals surface area contributed by atoms with Gasteiger partial charge in [-0.3, -0.25) is 0 Å². The van der Waals surface area contributed by atoms with Crippen molar-refractivity contribution in [1.29, 1.82) is 0 Å². The van der Waals surface area contributed by atoms with Gasteiger partial charge in [-0.15, -0.1) is 0 Å². The smallest absolute Gasteiger partial charge is 0.335 e. The van der Waals surface area contributed by atoms with Crippen molar-refractivity contribution >= 4 is 17.6 Å². The summed E-state index contributed by atoms with van der Waals surface area (Å²) in [7, 11) is 3.19. The monoisotopic (exact) mass is 346 g/mol. The molecule has 1 aromatic carbocycles. The van der Waals surface area contributed by atoms with Gasteiger partial charge in [-0.05, 0) is 19.4 Å². The van der Waals surface area contributed by atoms with E-state index >= 15 is 0 Å².